The number of likely N-dealkylation sites (N-methyl/N-ethyl adjacent to an activating group) is 1. The number of hydrogen-bond acceptors (Lipinski definition) is 7. The maximum atomic E-state index is 14.4. The van der Waals surface area contributed by atoms with Crippen molar-refractivity contribution in [3.8, 4) is 0 Å². The van der Waals surface area contributed by atoms with Crippen LogP contribution in [0.4, 0.5) is 0 Å². The number of aromatic nitrogens is 1. The van der Waals surface area contributed by atoms with Gasteiger partial charge in [-0.2, -0.15) is 0 Å². The Kier molecular flexibility index (Phi) is 13.8. The molecule has 0 saturated heterocycles. The number of nitrogens with zero attached hydrogens (tertiary/aromatic N) is 1. The first-order valence-corrected chi connectivity index (χ1v) is 18.8. The minimum atomic E-state index is -0.870. The quantitative estimate of drug-likeness (QED) is 0.128. The monoisotopic (exact) mass is 736 g/mol. The van der Waals surface area contributed by atoms with Gasteiger partial charge in [0.15, 0.2) is 5.78 Å². The van der Waals surface area contributed by atoms with E-state index in [9.17, 15) is 14.4 Å². The number of benzene rings is 3. The van der Waals surface area contributed by atoms with Gasteiger partial charge in [-0.3, -0.25) is 14.4 Å². The molecule has 0 radical (unpaired) electrons. The highest BCUT2D eigenvalue weighted by molar-refractivity contribution is 7.99. The molecule has 50 heavy (non-hydrogen) atoms. The van der Waals surface area contributed by atoms with Crippen LogP contribution in [0.15, 0.2) is 76.7 Å². The largest absolute Gasteiger partial charge is 0.361 e. The Labute approximate surface area is 308 Å². The van der Waals surface area contributed by atoms with Crippen molar-refractivity contribution in [1.82, 2.24) is 20.5 Å². The molecule has 0 unspecified atom stereocenters. The van der Waals surface area contributed by atoms with Crippen molar-refractivity contribution in [3.63, 3.8) is 0 Å². The molecule has 0 fully saturated rings. The fourth-order valence-corrected chi connectivity index (χ4v) is 8.07. The summed E-state index contributed by atoms with van der Waals surface area (Å²) in [7, 11) is 1.66. The molecule has 3 aromatic carbocycles. The van der Waals surface area contributed by atoms with E-state index in [-0.39, 0.29) is 37.0 Å². The van der Waals surface area contributed by atoms with Crippen LogP contribution < -0.4 is 22.1 Å². The van der Waals surface area contributed by atoms with Crippen LogP contribution in [0, 0.1) is 5.92 Å². The average Bonchev–Trinajstić information content (AvgIpc) is 3.53. The Morgan fingerprint density at radius 3 is 2.44 bits per heavy atom. The van der Waals surface area contributed by atoms with Crippen molar-refractivity contribution in [2.24, 2.45) is 17.4 Å². The predicted molar refractivity (Wildman–Crippen MR) is 202 cm³/mol. The first-order valence-electron chi connectivity index (χ1n) is 17.2. The van der Waals surface area contributed by atoms with Crippen LogP contribution in [-0.4, -0.2) is 59.7 Å². The number of H-pyrrole nitrogens is 1. The number of rotatable bonds is 9. The number of para-hydroxylation sites is 1. The van der Waals surface area contributed by atoms with Gasteiger partial charge < -0.3 is 32.0 Å². The van der Waals surface area contributed by atoms with Gasteiger partial charge in [0.25, 0.3) is 0 Å². The number of ketones is 1. The van der Waals surface area contributed by atoms with E-state index in [4.69, 9.17) is 34.7 Å². The molecule has 1 aromatic heterocycles. The van der Waals surface area contributed by atoms with Crippen molar-refractivity contribution in [1.29, 1.82) is 0 Å². The van der Waals surface area contributed by atoms with Gasteiger partial charge in [0, 0.05) is 71.4 Å². The van der Waals surface area contributed by atoms with Crippen LogP contribution in [0.1, 0.15) is 55.2 Å². The summed E-state index contributed by atoms with van der Waals surface area (Å²) in [5.41, 5.74) is 15.2. The van der Waals surface area contributed by atoms with Gasteiger partial charge in [-0.15, -0.1) is 0 Å². The number of carbonyl (C=O) groups excluding carboxylic acids is 3. The Balaban J connectivity index is 1.57. The van der Waals surface area contributed by atoms with Gasteiger partial charge in [-0.05, 0) is 74.2 Å². The number of aromatic amines is 1. The highest BCUT2D eigenvalue weighted by Gasteiger charge is 2.34. The fourth-order valence-electron chi connectivity index (χ4n) is 6.52. The lowest BCUT2D eigenvalue weighted by molar-refractivity contribution is -0.143. The number of unbranched alkanes of at least 4 members (excludes halogenated alkanes) is 1. The summed E-state index contributed by atoms with van der Waals surface area (Å²) >= 11 is 14.8. The molecule has 1 aliphatic heterocycles. The topological polar surface area (TPSA) is 146 Å². The minimum Gasteiger partial charge on any atom is -0.361 e. The van der Waals surface area contributed by atoms with Crippen molar-refractivity contribution in [2.45, 2.75) is 79.9 Å². The van der Waals surface area contributed by atoms with E-state index in [2.05, 4.69) is 15.6 Å². The van der Waals surface area contributed by atoms with E-state index in [0.717, 1.165) is 38.2 Å². The lowest BCUT2D eigenvalue weighted by Gasteiger charge is -2.31. The molecule has 0 bridgehead atoms. The highest BCUT2D eigenvalue weighted by atomic mass is 35.5. The number of Topliss-reactive ketones (excluding diaryl/α,β-unsaturated/α-hetero) is 1. The molecular formula is C38H46Cl2N6O3S. The van der Waals surface area contributed by atoms with Gasteiger partial charge in [-0.25, -0.2) is 0 Å². The maximum absolute atomic E-state index is 14.4. The van der Waals surface area contributed by atoms with Crippen LogP contribution >= 0.6 is 35.0 Å². The molecule has 0 saturated carbocycles. The molecule has 2 heterocycles. The Morgan fingerprint density at radius 2 is 1.64 bits per heavy atom. The van der Waals surface area contributed by atoms with Crippen LogP contribution in [0.3, 0.4) is 0 Å². The van der Waals surface area contributed by atoms with Crippen LogP contribution in [0.5, 0.6) is 0 Å². The lowest BCUT2D eigenvalue weighted by atomic mass is 9.90. The number of nitrogens with one attached hydrogen (secondary N) is 3. The summed E-state index contributed by atoms with van der Waals surface area (Å²) in [4.78, 5) is 49.4. The van der Waals surface area contributed by atoms with Gasteiger partial charge in [0.1, 0.15) is 6.04 Å². The second-order valence-corrected chi connectivity index (χ2v) is 14.7. The lowest BCUT2D eigenvalue weighted by Crippen LogP contribution is -2.51. The SMILES string of the molecule is CN1C(=O)[C@H](CCCCN)CC(=O)[C@H](CCCN)NCc2ccccc2Sc2ccc(Cl)c(Cl)c2CNC(=O)[C@@H]1Cc1c[nH]c2ccccc12. The van der Waals surface area contributed by atoms with E-state index < -0.39 is 18.0 Å². The maximum Gasteiger partial charge on any atom is 0.243 e. The predicted octanol–water partition coefficient (Wildman–Crippen LogP) is 6.23. The van der Waals surface area contributed by atoms with Crippen molar-refractivity contribution >= 4 is 63.5 Å². The number of amides is 2. The number of halogens is 2. The Morgan fingerprint density at radius 1 is 0.880 bits per heavy atom. The molecule has 7 N–H and O–H groups in total. The molecule has 1 aliphatic rings. The minimum absolute atomic E-state index is 0.0446. The van der Waals surface area contributed by atoms with E-state index in [1.54, 1.807) is 13.1 Å². The zero-order valence-corrected chi connectivity index (χ0v) is 30.7. The van der Waals surface area contributed by atoms with Gasteiger partial charge in [-0.1, -0.05) is 77.8 Å². The number of carbonyl (C=O) groups is 3. The molecule has 2 amide bonds. The van der Waals surface area contributed by atoms with E-state index in [1.807, 2.05) is 60.8 Å². The first-order chi connectivity index (χ1) is 24.2. The van der Waals surface area contributed by atoms with Crippen molar-refractivity contribution in [3.05, 3.63) is 93.6 Å². The van der Waals surface area contributed by atoms with Gasteiger partial charge in [0.2, 0.25) is 11.8 Å². The Hall–Kier alpha value is -3.38. The third-order valence-electron chi connectivity index (χ3n) is 9.42. The van der Waals surface area contributed by atoms with E-state index in [0.29, 0.717) is 60.9 Å². The van der Waals surface area contributed by atoms with E-state index in [1.165, 1.54) is 16.7 Å². The molecule has 266 valence electrons. The zero-order chi connectivity index (χ0) is 35.6. The van der Waals surface area contributed by atoms with E-state index >= 15 is 0 Å². The number of nitrogens with two attached hydrogens (primary N) is 2. The third kappa shape index (κ3) is 9.29. The smallest absolute Gasteiger partial charge is 0.243 e. The van der Waals surface area contributed by atoms with Crippen LogP contribution in [-0.2, 0) is 33.9 Å². The Bertz CT molecular complexity index is 1800. The van der Waals surface area contributed by atoms with Gasteiger partial charge in [0.05, 0.1) is 16.1 Å². The molecule has 5 rings (SSSR count). The summed E-state index contributed by atoms with van der Waals surface area (Å²) in [6.07, 6.45) is 5.31. The first kappa shape index (κ1) is 37.9. The summed E-state index contributed by atoms with van der Waals surface area (Å²) in [5.74, 6) is -1.25. The van der Waals surface area contributed by atoms with Crippen molar-refractivity contribution in [2.75, 3.05) is 20.1 Å². The molecule has 12 heteroatoms. The number of hydrogen-bond donors (Lipinski definition) is 5. The summed E-state index contributed by atoms with van der Waals surface area (Å²) in [5, 5.41) is 8.29. The summed E-state index contributed by atoms with van der Waals surface area (Å²) in [6.45, 7) is 1.48. The third-order valence-corrected chi connectivity index (χ3v) is 11.5. The second-order valence-electron chi connectivity index (χ2n) is 12.8. The highest BCUT2D eigenvalue weighted by Crippen LogP contribution is 2.39. The summed E-state index contributed by atoms with van der Waals surface area (Å²) < 4.78 is 0. The molecule has 4 aromatic rings. The van der Waals surface area contributed by atoms with Crippen LogP contribution in [0.2, 0.25) is 10.0 Å². The van der Waals surface area contributed by atoms with Crippen LogP contribution in [0.25, 0.3) is 10.9 Å². The molecule has 3 atom stereocenters. The average molecular weight is 738 g/mol. The van der Waals surface area contributed by atoms with Crippen molar-refractivity contribution < 1.29 is 14.4 Å². The van der Waals surface area contributed by atoms with Gasteiger partial charge >= 0.3 is 0 Å². The molecule has 0 aliphatic carbocycles. The standard InChI is InChI=1S/C38H46Cl2N6O3S/c1-46-32(19-26-22-43-30-12-4-3-11-27(26)30)37(48)45-23-28-35(16-15-29(39)36(28)40)50-34-14-5-2-10-25(34)21-44-31(13-8-18-42)33(47)20-24(38(46)49)9-6-7-17-41/h2-5,10-12,14-16,22,24,31-32,43-44H,6-9,13,17-21,23,41-42H2,1H3,(H,45,48)/t24-,31+,32+/m1/s1. The number of fused-ring (bicyclic) bond motifs is 3. The molecule has 9 nitrogen and oxygen atoms in total. The zero-order valence-electron chi connectivity index (χ0n) is 28.4. The fraction of sp³-hybridized carbons (Fsp3) is 0.395. The molecule has 0 spiro atoms. The normalized spacial score (nSPS) is 19.6. The summed E-state index contributed by atoms with van der Waals surface area (Å²) in [6, 6.07) is 18.1. The molecular weight excluding hydrogens is 691 g/mol. The second kappa shape index (κ2) is 18.2.